The molecule has 0 saturated heterocycles. The fourth-order valence-electron chi connectivity index (χ4n) is 10.5. The van der Waals surface area contributed by atoms with Crippen LogP contribution in [0.15, 0.2) is 186 Å². The molecular weight excluding hydrogens is 731 g/mol. The van der Waals surface area contributed by atoms with Crippen LogP contribution in [0.4, 0.5) is 0 Å². The van der Waals surface area contributed by atoms with E-state index in [2.05, 4.69) is 169 Å². The van der Waals surface area contributed by atoms with Gasteiger partial charge in [0, 0.05) is 27.1 Å². The van der Waals surface area contributed by atoms with Gasteiger partial charge in [0.2, 0.25) is 0 Å². The van der Waals surface area contributed by atoms with Crippen molar-refractivity contribution in [1.82, 2.24) is 14.5 Å². The monoisotopic (exact) mass is 767 g/mol. The van der Waals surface area contributed by atoms with Crippen molar-refractivity contribution in [3.05, 3.63) is 199 Å². The zero-order chi connectivity index (χ0) is 39.5. The minimum absolute atomic E-state index is 0.228. The third-order valence-corrected chi connectivity index (χ3v) is 13.3. The van der Waals surface area contributed by atoms with Crippen LogP contribution >= 0.6 is 0 Å². The Morgan fingerprint density at radius 1 is 0.533 bits per heavy atom. The van der Waals surface area contributed by atoms with E-state index < -0.39 is 0 Å². The minimum atomic E-state index is 0.228. The molecule has 3 heterocycles. The van der Waals surface area contributed by atoms with Crippen molar-refractivity contribution >= 4 is 76.3 Å². The molecule has 0 N–H and O–H groups in total. The zero-order valence-electron chi connectivity index (χ0n) is 32.9. The Hall–Kier alpha value is -7.56. The van der Waals surface area contributed by atoms with Crippen molar-refractivity contribution in [3.63, 3.8) is 0 Å². The molecule has 2 atom stereocenters. The molecule has 0 spiro atoms. The Morgan fingerprint density at radius 2 is 1.22 bits per heavy atom. The van der Waals surface area contributed by atoms with Gasteiger partial charge in [-0.05, 0) is 104 Å². The van der Waals surface area contributed by atoms with E-state index in [0.29, 0.717) is 5.92 Å². The summed E-state index contributed by atoms with van der Waals surface area (Å²) in [6, 6.07) is 65.8. The highest BCUT2D eigenvalue weighted by Crippen LogP contribution is 2.49. The van der Waals surface area contributed by atoms with Crippen molar-refractivity contribution in [2.24, 2.45) is 0 Å². The lowest BCUT2D eigenvalue weighted by atomic mass is 9.71. The van der Waals surface area contributed by atoms with Crippen LogP contribution in [0.5, 0.6) is 0 Å². The lowest BCUT2D eigenvalue weighted by Gasteiger charge is -2.33. The van der Waals surface area contributed by atoms with Gasteiger partial charge in [0.25, 0.3) is 0 Å². The molecule has 1 aliphatic carbocycles. The summed E-state index contributed by atoms with van der Waals surface area (Å²) in [4.78, 5) is 11.0. The van der Waals surface area contributed by atoms with Crippen LogP contribution in [0, 0.1) is 0 Å². The van der Waals surface area contributed by atoms with E-state index in [1.165, 1.54) is 60.1 Å². The molecular formula is C56H37N3O. The highest BCUT2D eigenvalue weighted by atomic mass is 16.3. The molecule has 282 valence electrons. The van der Waals surface area contributed by atoms with Crippen LogP contribution in [0.2, 0.25) is 0 Å². The normalized spacial score (nSPS) is 14.4. The van der Waals surface area contributed by atoms with Crippen LogP contribution in [-0.2, 0) is 6.42 Å². The van der Waals surface area contributed by atoms with Gasteiger partial charge in [0.05, 0.1) is 22.1 Å². The van der Waals surface area contributed by atoms with E-state index in [-0.39, 0.29) is 5.92 Å². The van der Waals surface area contributed by atoms with E-state index in [4.69, 9.17) is 14.4 Å². The third-order valence-electron chi connectivity index (χ3n) is 13.3. The van der Waals surface area contributed by atoms with Crippen molar-refractivity contribution in [1.29, 1.82) is 0 Å². The van der Waals surface area contributed by atoms with Gasteiger partial charge in [-0.25, -0.2) is 9.97 Å². The third kappa shape index (κ3) is 4.79. The molecule has 1 aliphatic rings. The predicted octanol–water partition coefficient (Wildman–Crippen LogP) is 14.7. The molecule has 3 aromatic heterocycles. The fourth-order valence-corrected chi connectivity index (χ4v) is 10.5. The van der Waals surface area contributed by atoms with Gasteiger partial charge < -0.3 is 4.42 Å². The fraction of sp³-hybridized carbons (Fsp3) is 0.0714. The van der Waals surface area contributed by atoms with Gasteiger partial charge in [-0.3, -0.25) is 4.57 Å². The number of nitrogens with zero attached hydrogens (tertiary/aromatic N) is 3. The molecule has 0 bridgehead atoms. The topological polar surface area (TPSA) is 43.9 Å². The maximum Gasteiger partial charge on any atom is 0.165 e. The van der Waals surface area contributed by atoms with E-state index >= 15 is 0 Å². The first-order valence-corrected chi connectivity index (χ1v) is 20.9. The number of aromatic nitrogens is 3. The van der Waals surface area contributed by atoms with Gasteiger partial charge in [-0.1, -0.05) is 153 Å². The summed E-state index contributed by atoms with van der Waals surface area (Å²) in [5, 5.41) is 9.59. The van der Waals surface area contributed by atoms with Crippen LogP contribution in [0.25, 0.3) is 105 Å². The van der Waals surface area contributed by atoms with Crippen LogP contribution in [0.1, 0.15) is 35.4 Å². The molecule has 60 heavy (non-hydrogen) atoms. The van der Waals surface area contributed by atoms with Gasteiger partial charge in [0.15, 0.2) is 5.82 Å². The van der Waals surface area contributed by atoms with Gasteiger partial charge >= 0.3 is 0 Å². The van der Waals surface area contributed by atoms with Crippen molar-refractivity contribution in [2.75, 3.05) is 0 Å². The Labute approximate surface area is 346 Å². The summed E-state index contributed by atoms with van der Waals surface area (Å²) in [7, 11) is 0. The number of rotatable bonds is 4. The number of benzene rings is 9. The molecule has 0 saturated carbocycles. The SMILES string of the molecule is CC(c1ccc2c3c4ccccc4ccc3n(-c3nc4ccccc4nc3-c3cccc4oc5ccccc5c34)c2c1)C1Cc2ccc3ccccc3c2-c2ccccc21. The molecule has 0 aliphatic heterocycles. The molecule has 9 aromatic carbocycles. The average molecular weight is 768 g/mol. The molecule has 0 fully saturated rings. The first-order chi connectivity index (χ1) is 29.7. The van der Waals surface area contributed by atoms with Gasteiger partial charge in [-0.2, -0.15) is 0 Å². The van der Waals surface area contributed by atoms with Crippen LogP contribution in [0.3, 0.4) is 0 Å². The summed E-state index contributed by atoms with van der Waals surface area (Å²) in [6.07, 6.45) is 0.979. The zero-order valence-corrected chi connectivity index (χ0v) is 32.9. The molecule has 2 unspecified atom stereocenters. The minimum Gasteiger partial charge on any atom is -0.456 e. The Morgan fingerprint density at radius 3 is 2.10 bits per heavy atom. The second-order valence-electron chi connectivity index (χ2n) is 16.5. The number of furan rings is 1. The Kier molecular flexibility index (Phi) is 7.08. The maximum absolute atomic E-state index is 6.43. The van der Waals surface area contributed by atoms with E-state index in [0.717, 1.165) is 67.5 Å². The first-order valence-electron chi connectivity index (χ1n) is 20.9. The number of hydrogen-bond acceptors (Lipinski definition) is 3. The highest BCUT2D eigenvalue weighted by Gasteiger charge is 2.31. The largest absolute Gasteiger partial charge is 0.456 e. The van der Waals surface area contributed by atoms with E-state index in [1.54, 1.807) is 0 Å². The number of para-hydroxylation sites is 3. The summed E-state index contributed by atoms with van der Waals surface area (Å²) in [5.74, 6) is 1.33. The van der Waals surface area contributed by atoms with Gasteiger partial charge in [0.1, 0.15) is 16.9 Å². The summed E-state index contributed by atoms with van der Waals surface area (Å²) in [5.41, 5.74) is 14.3. The Balaban J connectivity index is 1.08. The van der Waals surface area contributed by atoms with Crippen LogP contribution < -0.4 is 0 Å². The molecule has 12 aromatic rings. The Bertz CT molecular complexity index is 3740. The van der Waals surface area contributed by atoms with E-state index in [9.17, 15) is 0 Å². The summed E-state index contributed by atoms with van der Waals surface area (Å²) in [6.45, 7) is 2.42. The van der Waals surface area contributed by atoms with E-state index in [1.807, 2.05) is 24.3 Å². The maximum atomic E-state index is 6.43. The molecule has 13 rings (SSSR count). The second kappa shape index (κ2) is 12.7. The smallest absolute Gasteiger partial charge is 0.165 e. The average Bonchev–Trinajstić information content (AvgIpc) is 3.86. The summed E-state index contributed by atoms with van der Waals surface area (Å²) < 4.78 is 8.82. The predicted molar refractivity (Wildman–Crippen MR) is 248 cm³/mol. The van der Waals surface area contributed by atoms with Crippen molar-refractivity contribution in [3.8, 4) is 28.2 Å². The van der Waals surface area contributed by atoms with Crippen molar-refractivity contribution in [2.45, 2.75) is 25.2 Å². The van der Waals surface area contributed by atoms with Crippen molar-refractivity contribution < 1.29 is 4.42 Å². The quantitative estimate of drug-likeness (QED) is 0.179. The standard InChI is InChI=1S/C56H37N3O/c1-33(45-31-37-26-25-34-13-2-4-15-38(34)52(37)41-18-7-6-17-40(41)45)36-27-29-42-49(32-36)59(48-30-28-35-14-3-5-16-39(35)53(42)48)56-55(57-46-21-9-10-22-47(46)58-56)44-20-12-24-51-54(44)43-19-8-11-23-50(43)60-51/h2-30,32-33,45H,31H2,1H3. The van der Waals surface area contributed by atoms with Gasteiger partial charge in [-0.15, -0.1) is 0 Å². The first kappa shape index (κ1) is 33.4. The molecule has 0 amide bonds. The summed E-state index contributed by atoms with van der Waals surface area (Å²) >= 11 is 0. The highest BCUT2D eigenvalue weighted by molar-refractivity contribution is 6.22. The molecule has 4 nitrogen and oxygen atoms in total. The number of fused-ring (bicyclic) bond motifs is 14. The lowest BCUT2D eigenvalue weighted by molar-refractivity contribution is 0.569. The molecule has 0 radical (unpaired) electrons. The lowest BCUT2D eigenvalue weighted by Crippen LogP contribution is -2.17. The second-order valence-corrected chi connectivity index (χ2v) is 16.5. The molecule has 4 heteroatoms. The number of hydrogen-bond donors (Lipinski definition) is 0. The van der Waals surface area contributed by atoms with Crippen LogP contribution in [-0.4, -0.2) is 14.5 Å².